The van der Waals surface area contributed by atoms with Gasteiger partial charge in [-0.1, -0.05) is 5.16 Å². The van der Waals surface area contributed by atoms with E-state index in [0.29, 0.717) is 19.4 Å². The normalized spacial score (nSPS) is 20.7. The molecule has 1 aliphatic carbocycles. The standard InChI is InChI=1S/C16H21N5O4.CH2O2/c22-13-10-11(9-12(13)20-16(24)14-3-6-19-25-14)15(23)17-4-1-7-21-8-2-5-18-21;2-1-3/h2-3,5-6,8,11-13,22H,1,4,7,9-10H2,(H,17,23)(H,20,24);1H,(H,2,3)/t11-,12-,13-;/m0./s1. The molecule has 2 aromatic heterocycles. The predicted molar refractivity (Wildman–Crippen MR) is 95.0 cm³/mol. The number of carboxylic acid groups (broad SMARTS) is 1. The van der Waals surface area contributed by atoms with E-state index in [4.69, 9.17) is 14.4 Å². The Labute approximate surface area is 160 Å². The first-order valence-electron chi connectivity index (χ1n) is 8.77. The largest absolute Gasteiger partial charge is 0.483 e. The van der Waals surface area contributed by atoms with E-state index in [1.807, 2.05) is 12.3 Å². The van der Waals surface area contributed by atoms with Crippen molar-refractivity contribution in [1.29, 1.82) is 0 Å². The number of aryl methyl sites for hydroxylation is 1. The van der Waals surface area contributed by atoms with Gasteiger partial charge in [-0.25, -0.2) is 0 Å². The minimum Gasteiger partial charge on any atom is -0.483 e. The number of nitrogens with one attached hydrogen (secondary N) is 2. The molecule has 0 aromatic carbocycles. The molecule has 1 saturated carbocycles. The molecule has 3 atom stereocenters. The maximum absolute atomic E-state index is 12.2. The summed E-state index contributed by atoms with van der Waals surface area (Å²) in [4.78, 5) is 32.5. The van der Waals surface area contributed by atoms with Gasteiger partial charge in [0.1, 0.15) is 0 Å². The third-order valence-corrected chi connectivity index (χ3v) is 4.30. The number of hydrogen-bond acceptors (Lipinski definition) is 7. The van der Waals surface area contributed by atoms with Gasteiger partial charge in [0.2, 0.25) is 11.7 Å². The molecule has 0 bridgehead atoms. The van der Waals surface area contributed by atoms with Crippen LogP contribution in [0.5, 0.6) is 0 Å². The summed E-state index contributed by atoms with van der Waals surface area (Å²) in [5, 5.41) is 30.1. The summed E-state index contributed by atoms with van der Waals surface area (Å²) < 4.78 is 6.59. The molecule has 0 radical (unpaired) electrons. The number of carbonyl (C=O) groups is 3. The summed E-state index contributed by atoms with van der Waals surface area (Å²) in [6.45, 7) is 1.02. The fraction of sp³-hybridized carbons (Fsp3) is 0.471. The lowest BCUT2D eigenvalue weighted by atomic mass is 10.1. The maximum atomic E-state index is 12.2. The van der Waals surface area contributed by atoms with Crippen molar-refractivity contribution >= 4 is 18.3 Å². The summed E-state index contributed by atoms with van der Waals surface area (Å²) in [5.74, 6) is -0.781. The van der Waals surface area contributed by atoms with Gasteiger partial charge < -0.3 is 25.4 Å². The van der Waals surface area contributed by atoms with E-state index in [-0.39, 0.29) is 24.1 Å². The van der Waals surface area contributed by atoms with Crippen LogP contribution in [0.4, 0.5) is 0 Å². The van der Waals surface area contributed by atoms with E-state index in [0.717, 1.165) is 13.0 Å². The summed E-state index contributed by atoms with van der Waals surface area (Å²) in [7, 11) is 0. The average Bonchev–Trinajstić information content (AvgIpc) is 3.42. The van der Waals surface area contributed by atoms with Crippen LogP contribution < -0.4 is 10.6 Å². The Bertz CT molecular complexity index is 733. The van der Waals surface area contributed by atoms with E-state index < -0.39 is 18.1 Å². The third kappa shape index (κ3) is 6.20. The fourth-order valence-electron chi connectivity index (χ4n) is 2.99. The van der Waals surface area contributed by atoms with Gasteiger partial charge in [-0.2, -0.15) is 5.10 Å². The zero-order valence-corrected chi connectivity index (χ0v) is 15.1. The quantitative estimate of drug-likeness (QED) is 0.367. The van der Waals surface area contributed by atoms with Gasteiger partial charge in [0, 0.05) is 37.5 Å². The highest BCUT2D eigenvalue weighted by atomic mass is 16.5. The van der Waals surface area contributed by atoms with Crippen LogP contribution in [0.3, 0.4) is 0 Å². The van der Waals surface area contributed by atoms with Crippen LogP contribution in [-0.2, 0) is 16.1 Å². The topological polar surface area (TPSA) is 160 Å². The molecule has 0 unspecified atom stereocenters. The maximum Gasteiger partial charge on any atom is 0.290 e. The van der Waals surface area contributed by atoms with E-state index >= 15 is 0 Å². The number of carbonyl (C=O) groups excluding carboxylic acids is 2. The van der Waals surface area contributed by atoms with Gasteiger partial charge in [-0.15, -0.1) is 0 Å². The molecule has 11 heteroatoms. The summed E-state index contributed by atoms with van der Waals surface area (Å²) in [6, 6.07) is 2.82. The van der Waals surface area contributed by atoms with Crippen molar-refractivity contribution in [1.82, 2.24) is 25.6 Å². The van der Waals surface area contributed by atoms with Crippen LogP contribution in [-0.4, -0.2) is 62.1 Å². The molecule has 152 valence electrons. The molecule has 0 saturated heterocycles. The molecule has 1 aliphatic rings. The Kier molecular flexibility index (Phi) is 8.15. The van der Waals surface area contributed by atoms with Crippen molar-refractivity contribution in [3.63, 3.8) is 0 Å². The number of aromatic nitrogens is 3. The number of amides is 2. The van der Waals surface area contributed by atoms with Crippen molar-refractivity contribution in [2.45, 2.75) is 38.0 Å². The third-order valence-electron chi connectivity index (χ3n) is 4.30. The average molecular weight is 393 g/mol. The first-order chi connectivity index (χ1) is 13.5. The highest BCUT2D eigenvalue weighted by Crippen LogP contribution is 2.26. The Morgan fingerprint density at radius 3 is 2.79 bits per heavy atom. The van der Waals surface area contributed by atoms with E-state index in [1.165, 1.54) is 12.3 Å². The Morgan fingerprint density at radius 1 is 1.36 bits per heavy atom. The SMILES string of the molecule is O=C(N[C@H]1C[C@H](C(=O)NCCCn2cccn2)C[C@@H]1O)c1ccno1.O=CO. The molecule has 1 fully saturated rings. The summed E-state index contributed by atoms with van der Waals surface area (Å²) >= 11 is 0. The van der Waals surface area contributed by atoms with Crippen LogP contribution in [0.15, 0.2) is 35.2 Å². The van der Waals surface area contributed by atoms with Gasteiger partial charge in [0.05, 0.1) is 18.3 Å². The van der Waals surface area contributed by atoms with Gasteiger partial charge in [0.15, 0.2) is 0 Å². The highest BCUT2D eigenvalue weighted by molar-refractivity contribution is 5.91. The molecule has 0 aliphatic heterocycles. The lowest BCUT2D eigenvalue weighted by Gasteiger charge is -2.15. The lowest BCUT2D eigenvalue weighted by molar-refractivity contribution is -0.125. The first kappa shape index (κ1) is 21.1. The van der Waals surface area contributed by atoms with E-state index in [1.54, 1.807) is 10.9 Å². The fourth-order valence-corrected chi connectivity index (χ4v) is 2.99. The molecule has 2 heterocycles. The summed E-state index contributed by atoms with van der Waals surface area (Å²) in [5.41, 5.74) is 0. The van der Waals surface area contributed by atoms with Gasteiger partial charge >= 0.3 is 0 Å². The lowest BCUT2D eigenvalue weighted by Crippen LogP contribution is -2.40. The first-order valence-corrected chi connectivity index (χ1v) is 8.77. The van der Waals surface area contributed by atoms with Crippen LogP contribution in [0.25, 0.3) is 0 Å². The van der Waals surface area contributed by atoms with Gasteiger partial charge in [0.25, 0.3) is 12.4 Å². The van der Waals surface area contributed by atoms with E-state index in [9.17, 15) is 14.7 Å². The number of hydrogen-bond donors (Lipinski definition) is 4. The Hall–Kier alpha value is -3.21. The van der Waals surface area contributed by atoms with Crippen LogP contribution in [0.1, 0.15) is 29.8 Å². The van der Waals surface area contributed by atoms with Crippen LogP contribution in [0.2, 0.25) is 0 Å². The summed E-state index contributed by atoms with van der Waals surface area (Å²) in [6.07, 6.45) is 5.70. The second kappa shape index (κ2) is 10.8. The molecule has 4 N–H and O–H groups in total. The highest BCUT2D eigenvalue weighted by Gasteiger charge is 2.38. The minimum absolute atomic E-state index is 0.0822. The number of aliphatic hydroxyl groups is 1. The molecular formula is C17H23N5O6. The smallest absolute Gasteiger partial charge is 0.290 e. The van der Waals surface area contributed by atoms with Crippen molar-refractivity contribution in [2.75, 3.05) is 6.54 Å². The molecule has 2 aromatic rings. The van der Waals surface area contributed by atoms with Gasteiger partial charge in [-0.05, 0) is 25.3 Å². The zero-order chi connectivity index (χ0) is 20.4. The second-order valence-electron chi connectivity index (χ2n) is 6.21. The minimum atomic E-state index is -0.758. The number of aliphatic hydroxyl groups excluding tert-OH is 1. The van der Waals surface area contributed by atoms with Gasteiger partial charge in [-0.3, -0.25) is 19.1 Å². The van der Waals surface area contributed by atoms with E-state index in [2.05, 4.69) is 20.9 Å². The second-order valence-corrected chi connectivity index (χ2v) is 6.21. The molecule has 0 spiro atoms. The molecule has 11 nitrogen and oxygen atoms in total. The number of rotatable bonds is 7. The molecule has 2 amide bonds. The van der Waals surface area contributed by atoms with Crippen LogP contribution >= 0.6 is 0 Å². The van der Waals surface area contributed by atoms with Crippen molar-refractivity contribution in [2.24, 2.45) is 5.92 Å². The zero-order valence-electron chi connectivity index (χ0n) is 15.1. The van der Waals surface area contributed by atoms with Crippen molar-refractivity contribution in [3.05, 3.63) is 36.5 Å². The van der Waals surface area contributed by atoms with Crippen molar-refractivity contribution < 1.29 is 29.1 Å². The Morgan fingerprint density at radius 2 is 2.14 bits per heavy atom. The number of nitrogens with zero attached hydrogens (tertiary/aromatic N) is 3. The Balaban J connectivity index is 0.000000878. The predicted octanol–water partition coefficient (Wildman–Crippen LogP) is -0.352. The van der Waals surface area contributed by atoms with Crippen molar-refractivity contribution in [3.8, 4) is 0 Å². The molecule has 28 heavy (non-hydrogen) atoms. The monoisotopic (exact) mass is 393 g/mol. The molecule has 3 rings (SSSR count). The van der Waals surface area contributed by atoms with Crippen LogP contribution in [0, 0.1) is 5.92 Å². The molecular weight excluding hydrogens is 370 g/mol.